The molecule has 0 N–H and O–H groups in total. The van der Waals surface area contributed by atoms with Crippen LogP contribution in [0.15, 0.2) is 48.5 Å². The number of methoxy groups -OCH3 is 1. The van der Waals surface area contributed by atoms with Gasteiger partial charge in [-0.25, -0.2) is 0 Å². The number of nitriles is 1. The molecule has 1 aliphatic heterocycles. The Labute approximate surface area is 177 Å². The van der Waals surface area contributed by atoms with Crippen LogP contribution in [-0.2, 0) is 27.4 Å². The van der Waals surface area contributed by atoms with E-state index >= 15 is 0 Å². The van der Waals surface area contributed by atoms with E-state index in [1.165, 1.54) is 5.56 Å². The van der Waals surface area contributed by atoms with Crippen molar-refractivity contribution in [3.8, 4) is 6.07 Å². The van der Waals surface area contributed by atoms with E-state index in [1.807, 2.05) is 43.3 Å². The molecule has 3 rings (SSSR count). The molecular formula is C24H27N3O3. The molecule has 6 nitrogen and oxygen atoms in total. The lowest BCUT2D eigenvalue weighted by atomic mass is 10.1. The number of aryl methyl sites for hydroxylation is 1. The van der Waals surface area contributed by atoms with Crippen LogP contribution in [0.2, 0.25) is 0 Å². The smallest absolute Gasteiger partial charge is 0.228 e. The molecule has 0 spiro atoms. The molecule has 2 amide bonds. The first kappa shape index (κ1) is 21.5. The quantitative estimate of drug-likeness (QED) is 0.677. The summed E-state index contributed by atoms with van der Waals surface area (Å²) in [6, 6.07) is 17.4. The molecule has 1 aliphatic rings. The number of hydrogen-bond acceptors (Lipinski definition) is 4. The van der Waals surface area contributed by atoms with Crippen molar-refractivity contribution in [2.75, 3.05) is 26.8 Å². The van der Waals surface area contributed by atoms with E-state index in [-0.39, 0.29) is 24.2 Å². The third-order valence-electron chi connectivity index (χ3n) is 5.39. The maximum absolute atomic E-state index is 13.2. The highest BCUT2D eigenvalue weighted by molar-refractivity contribution is 5.89. The van der Waals surface area contributed by atoms with Crippen molar-refractivity contribution in [1.29, 1.82) is 5.26 Å². The van der Waals surface area contributed by atoms with Crippen LogP contribution in [0, 0.1) is 24.2 Å². The van der Waals surface area contributed by atoms with Crippen LogP contribution in [0.3, 0.4) is 0 Å². The zero-order valence-corrected chi connectivity index (χ0v) is 17.5. The number of carbonyl (C=O) groups is 2. The number of nitrogens with zero attached hydrogens (tertiary/aromatic N) is 3. The summed E-state index contributed by atoms with van der Waals surface area (Å²) in [5.41, 5.74) is 3.77. The molecule has 0 radical (unpaired) electrons. The summed E-state index contributed by atoms with van der Waals surface area (Å²) < 4.78 is 5.18. The Morgan fingerprint density at radius 3 is 2.47 bits per heavy atom. The maximum Gasteiger partial charge on any atom is 0.228 e. The zero-order valence-electron chi connectivity index (χ0n) is 17.5. The lowest BCUT2D eigenvalue weighted by Gasteiger charge is -2.25. The third kappa shape index (κ3) is 5.46. The topological polar surface area (TPSA) is 73.6 Å². The molecule has 30 heavy (non-hydrogen) atoms. The van der Waals surface area contributed by atoms with E-state index in [0.29, 0.717) is 38.3 Å². The molecule has 6 heteroatoms. The predicted octanol–water partition coefficient (Wildman–Crippen LogP) is 2.89. The van der Waals surface area contributed by atoms with Crippen LogP contribution in [-0.4, -0.2) is 48.4 Å². The van der Waals surface area contributed by atoms with E-state index in [0.717, 1.165) is 11.1 Å². The second-order valence-electron chi connectivity index (χ2n) is 7.72. The van der Waals surface area contributed by atoms with E-state index < -0.39 is 0 Å². The molecule has 0 aromatic heterocycles. The van der Waals surface area contributed by atoms with E-state index in [4.69, 9.17) is 10.00 Å². The van der Waals surface area contributed by atoms with Gasteiger partial charge in [0.1, 0.15) is 0 Å². The second-order valence-corrected chi connectivity index (χ2v) is 7.72. The fraction of sp³-hybridized carbons (Fsp3) is 0.375. The summed E-state index contributed by atoms with van der Waals surface area (Å²) in [4.78, 5) is 29.2. The van der Waals surface area contributed by atoms with E-state index in [2.05, 4.69) is 6.07 Å². The van der Waals surface area contributed by atoms with Crippen molar-refractivity contribution >= 4 is 11.8 Å². The van der Waals surface area contributed by atoms with Gasteiger partial charge in [-0.1, -0.05) is 42.0 Å². The minimum atomic E-state index is -0.349. The number of hydrogen-bond donors (Lipinski definition) is 0. The lowest BCUT2D eigenvalue weighted by Crippen LogP contribution is -2.39. The van der Waals surface area contributed by atoms with Gasteiger partial charge in [0.25, 0.3) is 0 Å². The van der Waals surface area contributed by atoms with Crippen LogP contribution in [0.4, 0.5) is 0 Å². The summed E-state index contributed by atoms with van der Waals surface area (Å²) in [5, 5.41) is 8.96. The number of rotatable bonds is 8. The van der Waals surface area contributed by atoms with E-state index in [1.54, 1.807) is 29.0 Å². The number of benzene rings is 2. The van der Waals surface area contributed by atoms with Gasteiger partial charge in [0.15, 0.2) is 0 Å². The first-order valence-corrected chi connectivity index (χ1v) is 10.1. The summed E-state index contributed by atoms with van der Waals surface area (Å²) in [7, 11) is 1.60. The van der Waals surface area contributed by atoms with E-state index in [9.17, 15) is 9.59 Å². The highest BCUT2D eigenvalue weighted by atomic mass is 16.5. The average molecular weight is 405 g/mol. The molecule has 1 unspecified atom stereocenters. The summed E-state index contributed by atoms with van der Waals surface area (Å²) in [6.07, 6.45) is 0.238. The number of amides is 2. The minimum Gasteiger partial charge on any atom is -0.383 e. The van der Waals surface area contributed by atoms with Crippen molar-refractivity contribution in [2.45, 2.75) is 26.4 Å². The van der Waals surface area contributed by atoms with Gasteiger partial charge in [0.05, 0.1) is 24.2 Å². The Kier molecular flexibility index (Phi) is 7.21. The fourth-order valence-electron chi connectivity index (χ4n) is 3.64. The van der Waals surface area contributed by atoms with Gasteiger partial charge >= 0.3 is 0 Å². The molecule has 0 saturated carbocycles. The standard InChI is InChI=1S/C24H27N3O3/c1-18-3-5-20(6-4-18)16-27-17-22(13-23(27)28)24(29)26(11-12-30-2)15-21-9-7-19(14-25)8-10-21/h3-10,22H,11-13,15-17H2,1-2H3. The van der Waals surface area contributed by atoms with Crippen molar-refractivity contribution in [3.63, 3.8) is 0 Å². The van der Waals surface area contributed by atoms with Crippen molar-refractivity contribution in [2.24, 2.45) is 5.92 Å². The van der Waals surface area contributed by atoms with Gasteiger partial charge in [-0.15, -0.1) is 0 Å². The second kappa shape index (κ2) is 10.0. The Balaban J connectivity index is 1.66. The highest BCUT2D eigenvalue weighted by Crippen LogP contribution is 2.23. The minimum absolute atomic E-state index is 0.0130. The Morgan fingerprint density at radius 1 is 1.17 bits per heavy atom. The first-order chi connectivity index (χ1) is 14.5. The molecule has 1 heterocycles. The van der Waals surface area contributed by atoms with Crippen LogP contribution in [0.1, 0.15) is 28.7 Å². The van der Waals surface area contributed by atoms with Gasteiger partial charge in [-0.05, 0) is 30.2 Å². The van der Waals surface area contributed by atoms with Crippen LogP contribution < -0.4 is 0 Å². The molecular weight excluding hydrogens is 378 g/mol. The molecule has 1 saturated heterocycles. The van der Waals surface area contributed by atoms with Crippen LogP contribution in [0.25, 0.3) is 0 Å². The van der Waals surface area contributed by atoms with Gasteiger partial charge in [-0.3, -0.25) is 9.59 Å². The number of carbonyl (C=O) groups excluding carboxylic acids is 2. The van der Waals surface area contributed by atoms with Gasteiger partial charge < -0.3 is 14.5 Å². The number of ether oxygens (including phenoxy) is 1. The molecule has 0 bridgehead atoms. The zero-order chi connectivity index (χ0) is 21.5. The normalized spacial score (nSPS) is 15.8. The Morgan fingerprint density at radius 2 is 1.83 bits per heavy atom. The molecule has 2 aromatic rings. The Hall–Kier alpha value is -3.17. The molecule has 0 aliphatic carbocycles. The predicted molar refractivity (Wildman–Crippen MR) is 113 cm³/mol. The Bertz CT molecular complexity index is 916. The van der Waals surface area contributed by atoms with Crippen molar-refractivity contribution < 1.29 is 14.3 Å². The van der Waals surface area contributed by atoms with Crippen molar-refractivity contribution in [3.05, 3.63) is 70.8 Å². The molecule has 1 fully saturated rings. The van der Waals surface area contributed by atoms with Crippen molar-refractivity contribution in [1.82, 2.24) is 9.80 Å². The fourth-order valence-corrected chi connectivity index (χ4v) is 3.64. The maximum atomic E-state index is 13.2. The summed E-state index contributed by atoms with van der Waals surface area (Å²) in [5.74, 6) is -0.367. The molecule has 1 atom stereocenters. The van der Waals surface area contributed by atoms with Crippen LogP contribution >= 0.6 is 0 Å². The summed E-state index contributed by atoms with van der Waals surface area (Å²) in [6.45, 7) is 4.30. The van der Waals surface area contributed by atoms with Gasteiger partial charge in [0, 0.05) is 39.7 Å². The monoisotopic (exact) mass is 405 g/mol. The highest BCUT2D eigenvalue weighted by Gasteiger charge is 2.36. The lowest BCUT2D eigenvalue weighted by molar-refractivity contribution is -0.137. The first-order valence-electron chi connectivity index (χ1n) is 10.1. The third-order valence-corrected chi connectivity index (χ3v) is 5.39. The summed E-state index contributed by atoms with van der Waals surface area (Å²) >= 11 is 0. The average Bonchev–Trinajstić information content (AvgIpc) is 3.13. The molecule has 2 aromatic carbocycles. The van der Waals surface area contributed by atoms with Crippen LogP contribution in [0.5, 0.6) is 0 Å². The SMILES string of the molecule is COCCN(Cc1ccc(C#N)cc1)C(=O)C1CC(=O)N(Cc2ccc(C)cc2)C1. The van der Waals surface area contributed by atoms with Gasteiger partial charge in [-0.2, -0.15) is 5.26 Å². The largest absolute Gasteiger partial charge is 0.383 e. The number of likely N-dealkylation sites (tertiary alicyclic amines) is 1. The van der Waals surface area contributed by atoms with Gasteiger partial charge in [0.2, 0.25) is 11.8 Å². The molecule has 156 valence electrons.